The molecule has 0 bridgehead atoms. The molecule has 4 spiro atoms. The van der Waals surface area contributed by atoms with Gasteiger partial charge in [0, 0.05) is 58.4 Å². The summed E-state index contributed by atoms with van der Waals surface area (Å²) in [6.07, 6.45) is 1.29. The van der Waals surface area contributed by atoms with Crippen LogP contribution in [-0.2, 0) is 69.9 Å². The Morgan fingerprint density at radius 1 is 0.341 bits per heavy atom. The summed E-state index contributed by atoms with van der Waals surface area (Å²) in [7, 11) is 11.6. The Kier molecular flexibility index (Phi) is 28.2. The third-order valence-electron chi connectivity index (χ3n) is 23.9. The highest BCUT2D eigenvalue weighted by Gasteiger charge is 2.60. The van der Waals surface area contributed by atoms with Crippen molar-refractivity contribution in [1.29, 1.82) is 0 Å². The molecule has 0 N–H and O–H groups in total. The third-order valence-corrected chi connectivity index (χ3v) is 23.9. The van der Waals surface area contributed by atoms with E-state index in [2.05, 4.69) is 9.97 Å². The van der Waals surface area contributed by atoms with E-state index < -0.39 is 117 Å². The lowest BCUT2D eigenvalue weighted by Gasteiger charge is -2.36. The Hall–Kier alpha value is -12.8. The van der Waals surface area contributed by atoms with Crippen molar-refractivity contribution in [2.75, 3.05) is 83.1 Å². The van der Waals surface area contributed by atoms with Gasteiger partial charge in [0.1, 0.15) is 103 Å². The first-order valence-electron chi connectivity index (χ1n) is 44.1. The summed E-state index contributed by atoms with van der Waals surface area (Å²) >= 11 is 0. The van der Waals surface area contributed by atoms with Crippen LogP contribution in [0.3, 0.4) is 0 Å². The van der Waals surface area contributed by atoms with Crippen LogP contribution < -0.4 is 37.9 Å². The largest absolute Gasteiger partial charge is 0.497 e. The Balaban J connectivity index is 0.000000158. The Morgan fingerprint density at radius 2 is 0.568 bits per heavy atom. The molecule has 4 saturated heterocycles. The number of Topliss-reactive ketones (excluding diaryl/α,β-unsaturated/α-hetero) is 2. The molecule has 8 atom stereocenters. The first-order chi connectivity index (χ1) is 62.0. The van der Waals surface area contributed by atoms with E-state index in [1.165, 1.54) is 48.0 Å². The minimum absolute atomic E-state index is 0.00253. The molecule has 16 rings (SSSR count). The maximum Gasteiger partial charge on any atom is 0.411 e. The van der Waals surface area contributed by atoms with Gasteiger partial charge in [0.2, 0.25) is 0 Å². The summed E-state index contributed by atoms with van der Waals surface area (Å²) in [5.74, 6) is 2.47. The van der Waals surface area contributed by atoms with E-state index in [-0.39, 0.29) is 63.4 Å². The van der Waals surface area contributed by atoms with Gasteiger partial charge >= 0.3 is 48.3 Å². The topological polar surface area (TPSA) is 383 Å². The number of aromatic nitrogens is 4. The number of amides is 4. The number of methoxy groups -OCH3 is 8. The number of ketones is 2. The molecule has 8 aliphatic rings. The predicted molar refractivity (Wildman–Crippen MR) is 485 cm³/mol. The average molecular weight is 1830 g/mol. The number of carbonyl (C=O) groups is 10. The van der Waals surface area contributed by atoms with E-state index >= 15 is 0 Å². The van der Waals surface area contributed by atoms with Crippen molar-refractivity contribution >= 4 is 103 Å². The van der Waals surface area contributed by atoms with E-state index in [4.69, 9.17) is 85.8 Å². The van der Waals surface area contributed by atoms with Gasteiger partial charge in [0.15, 0.2) is 23.1 Å². The number of likely N-dealkylation sites (tertiary alicyclic amines) is 4. The number of hydrogen-bond donors (Lipinski definition) is 0. The van der Waals surface area contributed by atoms with Crippen LogP contribution in [0.15, 0.2) is 72.8 Å². The SMILES string of the molecule is CC.COC(=O)[C@@H]1C[C@@]2(CC(=O)c3c(c(C)nc4ccc(OC)cc34)O2)CN1C(=O)OC(C)(C)C.COC(=O)[C@@H]1C[C@@]2(CCc3c(c(C)nc4ccc(OC)cc34)O2)CN1C(=O)OC(C)(C)C.COC(=O)[C@@H]1C[C@]2(CC(=O)c3c(c(C)nc4ccc(OC)cc34)O2)CN1C(=O)OC(C)(C)C.COC(=O)[C@@H]1C[C@]2(CCc3c(c(C)nc4ccc(OC)cc34)O2)CN1C(=O)OC(C)(C)C. The van der Waals surface area contributed by atoms with E-state index in [1.54, 1.807) is 162 Å². The lowest BCUT2D eigenvalue weighted by atomic mass is 9.86. The second-order valence-electron chi connectivity index (χ2n) is 38.1. The molecule has 4 aromatic carbocycles. The number of pyridine rings is 4. The molecule has 0 aliphatic carbocycles. The molecule has 0 radical (unpaired) electrons. The molecular formula is C98H122N8O26. The highest BCUT2D eigenvalue weighted by atomic mass is 16.6. The van der Waals surface area contributed by atoms with Crippen molar-refractivity contribution in [3.05, 3.63) is 118 Å². The summed E-state index contributed by atoms with van der Waals surface area (Å²) in [6.45, 7) is 33.2. The van der Waals surface area contributed by atoms with Crippen molar-refractivity contribution in [3.8, 4) is 46.0 Å². The van der Waals surface area contributed by atoms with Crippen LogP contribution in [0.4, 0.5) is 19.2 Å². The van der Waals surface area contributed by atoms with E-state index in [1.807, 2.05) is 64.1 Å². The molecule has 12 heterocycles. The smallest absolute Gasteiger partial charge is 0.411 e. The zero-order valence-electron chi connectivity index (χ0n) is 80.3. The number of benzene rings is 4. The van der Waals surface area contributed by atoms with Crippen LogP contribution in [0.5, 0.6) is 46.0 Å². The summed E-state index contributed by atoms with van der Waals surface area (Å²) in [5, 5.41) is 3.26. The second kappa shape index (κ2) is 37.8. The minimum atomic E-state index is -1.08. The van der Waals surface area contributed by atoms with Gasteiger partial charge in [-0.2, -0.15) is 0 Å². The summed E-state index contributed by atoms with van der Waals surface area (Å²) in [5.41, 5.74) is 2.35. The molecule has 0 saturated carbocycles. The van der Waals surface area contributed by atoms with Gasteiger partial charge in [-0.05, 0) is 209 Å². The highest BCUT2D eigenvalue weighted by molar-refractivity contribution is 6.13. The standard InChI is InChI=1S/2C24H28N2O7.2C24H30N2O6.C2H6/c2*1-13-20-19(15-9-14(30-5)7-8-16(15)25-13)18(27)11-24(32-20)10-17(21(28)31-6)26(12-24)22(29)33-23(2,3)4;2*1-14-20-16(17-11-15(29-5)7-8-18(17)25-14)9-10-24(31-20)12-19(21(27)30-6)26(13-24)22(28)32-23(2,3)4;1-2/h2*7-9,17H,10-12H2,1-6H3;2*7-8,11,19H,9-10,12-13H2,1-6H3;1-2H3/t17-,24+;17-,24-;19-,24+;19-,24-;/m0000./s1. The number of ether oxygens (including phenoxy) is 16. The lowest BCUT2D eigenvalue weighted by Crippen LogP contribution is -2.47. The minimum Gasteiger partial charge on any atom is -0.497 e. The molecule has 34 heteroatoms. The maximum atomic E-state index is 13.5. The molecule has 132 heavy (non-hydrogen) atoms. The zero-order chi connectivity index (χ0) is 96.8. The average Bonchev–Trinajstić information content (AvgIpc) is 1.45. The number of aryl methyl sites for hydroxylation is 6. The van der Waals surface area contributed by atoms with Crippen molar-refractivity contribution in [2.24, 2.45) is 0 Å². The lowest BCUT2D eigenvalue weighted by molar-refractivity contribution is -0.146. The molecule has 0 unspecified atom stereocenters. The fraction of sp³-hybridized carbons (Fsp3) is 0.531. The predicted octanol–water partition coefficient (Wildman–Crippen LogP) is 15.5. The van der Waals surface area contributed by atoms with Gasteiger partial charge in [0.25, 0.3) is 0 Å². The van der Waals surface area contributed by atoms with Gasteiger partial charge in [0.05, 0.1) is 152 Å². The summed E-state index contributed by atoms with van der Waals surface area (Å²) in [4.78, 5) is 153. The van der Waals surface area contributed by atoms with Gasteiger partial charge < -0.3 is 75.8 Å². The van der Waals surface area contributed by atoms with Crippen LogP contribution in [0.1, 0.15) is 203 Å². The number of esters is 4. The number of fused-ring (bicyclic) bond motifs is 12. The fourth-order valence-electron chi connectivity index (χ4n) is 18.3. The van der Waals surface area contributed by atoms with Crippen LogP contribution in [0.2, 0.25) is 0 Å². The number of hydrogen-bond acceptors (Lipinski definition) is 30. The molecule has 710 valence electrons. The third kappa shape index (κ3) is 20.6. The number of rotatable bonds is 8. The van der Waals surface area contributed by atoms with Gasteiger partial charge in [-0.3, -0.25) is 29.2 Å². The Morgan fingerprint density at radius 3 is 0.818 bits per heavy atom. The molecule has 4 fully saturated rings. The first-order valence-corrected chi connectivity index (χ1v) is 44.1. The van der Waals surface area contributed by atoms with Crippen molar-refractivity contribution in [1.82, 2.24) is 39.5 Å². The van der Waals surface area contributed by atoms with Gasteiger partial charge in [-0.1, -0.05) is 13.8 Å². The Bertz CT molecular complexity index is 5520. The summed E-state index contributed by atoms with van der Waals surface area (Å²) in [6, 6.07) is 18.9. The molecule has 4 amide bonds. The van der Waals surface area contributed by atoms with Crippen molar-refractivity contribution in [3.63, 3.8) is 0 Å². The molecule has 8 aliphatic heterocycles. The number of carbonyl (C=O) groups excluding carboxylic acids is 10. The van der Waals surface area contributed by atoms with Crippen LogP contribution in [0.25, 0.3) is 43.6 Å². The van der Waals surface area contributed by atoms with E-state index in [0.29, 0.717) is 105 Å². The molecule has 8 aromatic rings. The Labute approximate surface area is 767 Å². The second-order valence-corrected chi connectivity index (χ2v) is 38.1. The van der Waals surface area contributed by atoms with E-state index in [9.17, 15) is 47.9 Å². The zero-order valence-corrected chi connectivity index (χ0v) is 80.3. The molecular weight excluding hydrogens is 1710 g/mol. The normalized spacial score (nSPS) is 22.0. The molecule has 4 aromatic heterocycles. The van der Waals surface area contributed by atoms with Crippen LogP contribution >= 0.6 is 0 Å². The van der Waals surface area contributed by atoms with Gasteiger partial charge in [-0.15, -0.1) is 0 Å². The highest BCUT2D eigenvalue weighted by Crippen LogP contribution is 2.51. The fourth-order valence-corrected chi connectivity index (χ4v) is 18.3. The van der Waals surface area contributed by atoms with E-state index in [0.717, 1.165) is 68.7 Å². The maximum absolute atomic E-state index is 13.5. The first kappa shape index (κ1) is 98.3. The monoisotopic (exact) mass is 1830 g/mol. The number of nitrogens with zero attached hydrogens (tertiary/aromatic N) is 8. The van der Waals surface area contributed by atoms with Crippen molar-refractivity contribution in [2.45, 2.75) is 258 Å². The van der Waals surface area contributed by atoms with Crippen molar-refractivity contribution < 1.29 is 124 Å². The molecule has 34 nitrogen and oxygen atoms in total. The summed E-state index contributed by atoms with van der Waals surface area (Å²) < 4.78 is 89.3. The van der Waals surface area contributed by atoms with Gasteiger partial charge in [-0.25, -0.2) is 58.3 Å². The van der Waals surface area contributed by atoms with Crippen LogP contribution in [-0.4, -0.2) is 251 Å². The quantitative estimate of drug-likeness (QED) is 0.101. The van der Waals surface area contributed by atoms with Crippen LogP contribution in [0, 0.1) is 27.7 Å².